The quantitative estimate of drug-likeness (QED) is 0.670. The molecule has 3 heteroatoms. The molecule has 2 nitrogen and oxygen atoms in total. The molecular formula is C14H10BrNO. The van der Waals surface area contributed by atoms with Gasteiger partial charge in [-0.05, 0) is 22.4 Å². The van der Waals surface area contributed by atoms with Crippen molar-refractivity contribution in [3.05, 3.63) is 47.5 Å². The largest absolute Gasteiger partial charge is 0.366 e. The van der Waals surface area contributed by atoms with Crippen LogP contribution in [0, 0.1) is 12.3 Å². The van der Waals surface area contributed by atoms with Gasteiger partial charge in [-0.2, -0.15) is 0 Å². The summed E-state index contributed by atoms with van der Waals surface area (Å²) in [6.07, 6.45) is 5.40. The maximum absolute atomic E-state index is 11.3. The van der Waals surface area contributed by atoms with Gasteiger partial charge in [-0.15, -0.1) is 6.42 Å². The number of carbonyl (C=O) groups excluding carboxylic acids is 1. The van der Waals surface area contributed by atoms with Gasteiger partial charge in [-0.3, -0.25) is 4.79 Å². The van der Waals surface area contributed by atoms with Crippen molar-refractivity contribution in [3.8, 4) is 12.3 Å². The van der Waals surface area contributed by atoms with Crippen molar-refractivity contribution in [2.24, 2.45) is 5.73 Å². The Balaban J connectivity index is 2.80. The lowest BCUT2D eigenvalue weighted by Crippen LogP contribution is -2.11. The van der Waals surface area contributed by atoms with Crippen LogP contribution in [0.25, 0.3) is 10.8 Å². The molecule has 0 aliphatic carbocycles. The normalized spacial score (nSPS) is 12.0. The Hall–Kier alpha value is -1.79. The molecule has 0 bridgehead atoms. The topological polar surface area (TPSA) is 43.1 Å². The van der Waals surface area contributed by atoms with Crippen LogP contribution in [0.2, 0.25) is 0 Å². The molecule has 0 saturated carbocycles. The Labute approximate surface area is 108 Å². The van der Waals surface area contributed by atoms with Gasteiger partial charge in [0.2, 0.25) is 5.91 Å². The second-order valence-corrected chi connectivity index (χ2v) is 4.56. The Morgan fingerprint density at radius 3 is 2.47 bits per heavy atom. The number of alkyl halides is 1. The number of amides is 1. The van der Waals surface area contributed by atoms with E-state index in [1.807, 2.05) is 30.3 Å². The summed E-state index contributed by atoms with van der Waals surface area (Å²) in [4.78, 5) is 11.2. The summed E-state index contributed by atoms with van der Waals surface area (Å²) in [6.45, 7) is 0. The number of hydrogen-bond donors (Lipinski definition) is 1. The number of fused-ring (bicyclic) bond motifs is 1. The highest BCUT2D eigenvalue weighted by Crippen LogP contribution is 2.31. The summed E-state index contributed by atoms with van der Waals surface area (Å²) in [7, 11) is 0. The lowest BCUT2D eigenvalue weighted by Gasteiger charge is -2.10. The van der Waals surface area contributed by atoms with Gasteiger partial charge < -0.3 is 5.73 Å². The number of carbonyl (C=O) groups is 1. The van der Waals surface area contributed by atoms with Crippen LogP contribution in [-0.4, -0.2) is 5.91 Å². The summed E-state index contributed by atoms with van der Waals surface area (Å²) in [5.41, 5.74) is 6.83. The van der Waals surface area contributed by atoms with Gasteiger partial charge in [0, 0.05) is 5.56 Å². The first-order valence-electron chi connectivity index (χ1n) is 5.07. The molecule has 2 aromatic rings. The molecule has 0 spiro atoms. The van der Waals surface area contributed by atoms with Crippen LogP contribution in [0.4, 0.5) is 0 Å². The predicted molar refractivity (Wildman–Crippen MR) is 73.0 cm³/mol. The van der Waals surface area contributed by atoms with Crippen LogP contribution < -0.4 is 5.73 Å². The van der Waals surface area contributed by atoms with Crippen LogP contribution in [0.5, 0.6) is 0 Å². The van der Waals surface area contributed by atoms with E-state index in [1.54, 1.807) is 6.07 Å². The number of primary amides is 1. The molecule has 1 atom stereocenters. The van der Waals surface area contributed by atoms with Gasteiger partial charge in [0.05, 0.1) is 0 Å². The molecule has 0 heterocycles. The number of terminal acetylenes is 1. The van der Waals surface area contributed by atoms with Crippen molar-refractivity contribution in [3.63, 3.8) is 0 Å². The Morgan fingerprint density at radius 2 is 1.88 bits per heavy atom. The van der Waals surface area contributed by atoms with Crippen LogP contribution in [-0.2, 0) is 0 Å². The average Bonchev–Trinajstić information content (AvgIpc) is 2.36. The van der Waals surface area contributed by atoms with Gasteiger partial charge in [-0.1, -0.05) is 52.2 Å². The fourth-order valence-corrected chi connectivity index (χ4v) is 2.25. The minimum absolute atomic E-state index is 0.172. The van der Waals surface area contributed by atoms with Gasteiger partial charge in [-0.25, -0.2) is 0 Å². The fraction of sp³-hybridized carbons (Fsp3) is 0.0714. The lowest BCUT2D eigenvalue weighted by molar-refractivity contribution is 0.100. The fourth-order valence-electron chi connectivity index (χ4n) is 1.85. The van der Waals surface area contributed by atoms with E-state index >= 15 is 0 Å². The zero-order chi connectivity index (χ0) is 12.4. The Bertz CT molecular complexity index is 628. The Morgan fingerprint density at radius 1 is 1.24 bits per heavy atom. The van der Waals surface area contributed by atoms with Crippen LogP contribution >= 0.6 is 15.9 Å². The SMILES string of the molecule is C#CC(Br)c1ccc(C(N)=O)c2ccccc12. The monoisotopic (exact) mass is 287 g/mol. The number of nitrogens with two attached hydrogens (primary N) is 1. The maximum Gasteiger partial charge on any atom is 0.249 e. The van der Waals surface area contributed by atoms with Crippen molar-refractivity contribution in [2.45, 2.75) is 4.83 Å². The number of halogens is 1. The van der Waals surface area contributed by atoms with E-state index in [-0.39, 0.29) is 4.83 Å². The summed E-state index contributed by atoms with van der Waals surface area (Å²) < 4.78 is 0. The van der Waals surface area contributed by atoms with Gasteiger partial charge in [0.25, 0.3) is 0 Å². The molecule has 1 amide bonds. The summed E-state index contributed by atoms with van der Waals surface area (Å²) in [5, 5.41) is 1.78. The second-order valence-electron chi connectivity index (χ2n) is 3.64. The second kappa shape index (κ2) is 4.60. The molecule has 0 aliphatic heterocycles. The Kier molecular flexibility index (Phi) is 3.16. The third-order valence-corrected chi connectivity index (χ3v) is 3.40. The zero-order valence-electron chi connectivity index (χ0n) is 8.98. The first-order chi connectivity index (χ1) is 8.15. The molecule has 2 aromatic carbocycles. The van der Waals surface area contributed by atoms with Crippen LogP contribution in [0.3, 0.4) is 0 Å². The third kappa shape index (κ3) is 2.04. The maximum atomic E-state index is 11.3. The van der Waals surface area contributed by atoms with Crippen molar-refractivity contribution < 1.29 is 4.79 Å². The number of hydrogen-bond acceptors (Lipinski definition) is 1. The molecule has 84 valence electrons. The molecule has 17 heavy (non-hydrogen) atoms. The molecule has 1 unspecified atom stereocenters. The molecule has 0 radical (unpaired) electrons. The van der Waals surface area contributed by atoms with Gasteiger partial charge >= 0.3 is 0 Å². The predicted octanol–water partition coefficient (Wildman–Crippen LogP) is 3.01. The van der Waals surface area contributed by atoms with Crippen LogP contribution in [0.1, 0.15) is 20.7 Å². The molecule has 0 fully saturated rings. The molecule has 0 saturated heterocycles. The van der Waals surface area contributed by atoms with E-state index in [1.165, 1.54) is 0 Å². The highest BCUT2D eigenvalue weighted by atomic mass is 79.9. The molecule has 2 rings (SSSR count). The van der Waals surface area contributed by atoms with Gasteiger partial charge in [0.15, 0.2) is 0 Å². The average molecular weight is 288 g/mol. The van der Waals surface area contributed by atoms with E-state index in [9.17, 15) is 4.79 Å². The van der Waals surface area contributed by atoms with Gasteiger partial charge in [0.1, 0.15) is 4.83 Å². The standard InChI is InChI=1S/C14H10BrNO/c1-2-13(15)11-7-8-12(14(16)17)10-6-4-3-5-9(10)11/h1,3-8,13H,(H2,16,17). The number of rotatable bonds is 2. The van der Waals surface area contributed by atoms with E-state index in [0.29, 0.717) is 5.56 Å². The summed E-state index contributed by atoms with van der Waals surface area (Å²) in [6, 6.07) is 11.1. The number of benzene rings is 2. The first kappa shape index (κ1) is 11.7. The summed E-state index contributed by atoms with van der Waals surface area (Å²) >= 11 is 3.42. The summed E-state index contributed by atoms with van der Waals surface area (Å²) in [5.74, 6) is 2.19. The van der Waals surface area contributed by atoms with Crippen LogP contribution in [0.15, 0.2) is 36.4 Å². The van der Waals surface area contributed by atoms with E-state index in [0.717, 1.165) is 16.3 Å². The molecule has 0 aromatic heterocycles. The van der Waals surface area contributed by atoms with E-state index in [2.05, 4.69) is 21.9 Å². The minimum atomic E-state index is -0.431. The lowest BCUT2D eigenvalue weighted by atomic mass is 9.97. The molecule has 2 N–H and O–H groups in total. The van der Waals surface area contributed by atoms with Crippen molar-refractivity contribution in [2.75, 3.05) is 0 Å². The highest BCUT2D eigenvalue weighted by Gasteiger charge is 2.12. The van der Waals surface area contributed by atoms with Crippen molar-refractivity contribution in [1.29, 1.82) is 0 Å². The first-order valence-corrected chi connectivity index (χ1v) is 5.98. The minimum Gasteiger partial charge on any atom is -0.366 e. The highest BCUT2D eigenvalue weighted by molar-refractivity contribution is 9.09. The van der Waals surface area contributed by atoms with Crippen molar-refractivity contribution in [1.82, 2.24) is 0 Å². The van der Waals surface area contributed by atoms with Crippen molar-refractivity contribution >= 4 is 32.6 Å². The van der Waals surface area contributed by atoms with E-state index < -0.39 is 5.91 Å². The smallest absolute Gasteiger partial charge is 0.249 e. The zero-order valence-corrected chi connectivity index (χ0v) is 10.6. The van der Waals surface area contributed by atoms with E-state index in [4.69, 9.17) is 12.2 Å². The third-order valence-electron chi connectivity index (χ3n) is 2.64. The molecule has 0 aliphatic rings. The molecular weight excluding hydrogens is 278 g/mol.